The van der Waals surface area contributed by atoms with Crippen molar-refractivity contribution in [3.8, 4) is 0 Å². The van der Waals surface area contributed by atoms with Gasteiger partial charge in [0, 0.05) is 7.11 Å². The van der Waals surface area contributed by atoms with Crippen molar-refractivity contribution in [3.63, 3.8) is 0 Å². The molecule has 0 aliphatic rings. The summed E-state index contributed by atoms with van der Waals surface area (Å²) in [6, 6.07) is 0. The largest absolute Gasteiger partial charge is 1.00 e. The lowest BCUT2D eigenvalue weighted by molar-refractivity contribution is -0.890. The molecule has 0 amide bonds. The minimum absolute atomic E-state index is 0. The molecule has 3 heteroatoms. The quantitative estimate of drug-likeness (QED) is 0.382. The van der Waals surface area contributed by atoms with Crippen molar-refractivity contribution >= 4 is 0 Å². The van der Waals surface area contributed by atoms with Gasteiger partial charge in [-0.25, -0.2) is 0 Å². The van der Waals surface area contributed by atoms with Crippen molar-refractivity contribution in [1.82, 2.24) is 0 Å². The lowest BCUT2D eigenvalue weighted by Gasteiger charge is -2.29. The molecule has 0 aromatic heterocycles. The van der Waals surface area contributed by atoms with Crippen LogP contribution in [0.15, 0.2) is 0 Å². The molecule has 0 aliphatic heterocycles. The van der Waals surface area contributed by atoms with Crippen LogP contribution in [0.3, 0.4) is 0 Å². The molecule has 2 nitrogen and oxygen atoms in total. The smallest absolute Gasteiger partial charge is 0.102 e. The van der Waals surface area contributed by atoms with Gasteiger partial charge >= 0.3 is 0 Å². The number of rotatable bonds is 12. The molecule has 18 heavy (non-hydrogen) atoms. The molecule has 0 unspecified atom stereocenters. The summed E-state index contributed by atoms with van der Waals surface area (Å²) in [5.41, 5.74) is 0. The van der Waals surface area contributed by atoms with Crippen LogP contribution in [0.2, 0.25) is 0 Å². The number of hydrogen-bond donors (Lipinski definition) is 0. The van der Waals surface area contributed by atoms with E-state index in [4.69, 9.17) is 4.74 Å². The second-order valence-corrected chi connectivity index (χ2v) is 5.85. The third kappa shape index (κ3) is 14.5. The number of quaternary nitrogens is 1. The number of ether oxygens (including phenoxy) is 1. The fourth-order valence-electron chi connectivity index (χ4n) is 2.12. The Balaban J connectivity index is 0. The van der Waals surface area contributed by atoms with Crippen molar-refractivity contribution in [2.24, 2.45) is 0 Å². The van der Waals surface area contributed by atoms with Crippen LogP contribution in [-0.2, 0) is 4.74 Å². The molecular weight excluding hydrogens is 290 g/mol. The summed E-state index contributed by atoms with van der Waals surface area (Å²) in [6.07, 6.45) is 11.3. The van der Waals surface area contributed by atoms with Crippen LogP contribution in [0.25, 0.3) is 0 Å². The van der Waals surface area contributed by atoms with Crippen LogP contribution in [0.5, 0.6) is 0 Å². The van der Waals surface area contributed by atoms with Gasteiger partial charge in [0.1, 0.15) is 6.54 Å². The summed E-state index contributed by atoms with van der Waals surface area (Å²) in [5, 5.41) is 0. The van der Waals surface area contributed by atoms with Gasteiger partial charge in [-0.1, -0.05) is 45.4 Å². The van der Waals surface area contributed by atoms with Crippen molar-refractivity contribution in [2.45, 2.75) is 58.3 Å². The Labute approximate surface area is 125 Å². The monoisotopic (exact) mass is 323 g/mol. The van der Waals surface area contributed by atoms with E-state index >= 15 is 0 Å². The predicted octanol–water partition coefficient (Wildman–Crippen LogP) is 0.854. The zero-order valence-corrected chi connectivity index (χ0v) is 14.6. The Morgan fingerprint density at radius 1 is 0.778 bits per heavy atom. The molecule has 0 saturated carbocycles. The van der Waals surface area contributed by atoms with E-state index in [2.05, 4.69) is 21.0 Å². The van der Waals surface area contributed by atoms with Crippen molar-refractivity contribution in [3.05, 3.63) is 0 Å². The van der Waals surface area contributed by atoms with E-state index in [-0.39, 0.29) is 17.0 Å². The molecule has 0 aromatic carbocycles. The van der Waals surface area contributed by atoms with Crippen LogP contribution in [0.4, 0.5) is 0 Å². The summed E-state index contributed by atoms with van der Waals surface area (Å²) >= 11 is 0. The van der Waals surface area contributed by atoms with Crippen molar-refractivity contribution < 1.29 is 26.2 Å². The predicted molar refractivity (Wildman–Crippen MR) is 76.3 cm³/mol. The zero-order chi connectivity index (χ0) is 13.0. The van der Waals surface area contributed by atoms with Gasteiger partial charge in [0.05, 0.1) is 27.2 Å². The lowest BCUT2D eigenvalue weighted by atomic mass is 10.1. The summed E-state index contributed by atoms with van der Waals surface area (Å²) in [6.45, 7) is 5.58. The summed E-state index contributed by atoms with van der Waals surface area (Å²) in [5.74, 6) is 0. The topological polar surface area (TPSA) is 9.23 Å². The first kappa shape index (κ1) is 20.7. The number of methoxy groups -OCH3 is 1. The van der Waals surface area contributed by atoms with Crippen LogP contribution < -0.4 is 17.0 Å². The maximum Gasteiger partial charge on any atom is 0.102 e. The van der Waals surface area contributed by atoms with Crippen molar-refractivity contribution in [2.75, 3.05) is 40.9 Å². The first-order chi connectivity index (χ1) is 8.12. The average Bonchev–Trinajstić information content (AvgIpc) is 2.30. The van der Waals surface area contributed by atoms with E-state index in [0.29, 0.717) is 0 Å². The highest BCUT2D eigenvalue weighted by molar-refractivity contribution is 4.46. The zero-order valence-electron chi connectivity index (χ0n) is 13.0. The fraction of sp³-hybridized carbons (Fsp3) is 1.00. The Bertz CT molecular complexity index is 163. The summed E-state index contributed by atoms with van der Waals surface area (Å²) in [4.78, 5) is 0. The van der Waals surface area contributed by atoms with E-state index in [1.165, 1.54) is 57.9 Å². The Morgan fingerprint density at radius 2 is 1.28 bits per heavy atom. The lowest BCUT2D eigenvalue weighted by Crippen LogP contribution is -3.00. The SMILES string of the molecule is CCCCCCCCCC[N+](C)(C)CCOC.[Br-]. The first-order valence-electron chi connectivity index (χ1n) is 7.43. The second kappa shape index (κ2) is 13.8. The molecule has 0 aliphatic carbocycles. The molecule has 0 spiro atoms. The number of halogens is 1. The highest BCUT2D eigenvalue weighted by atomic mass is 79.9. The van der Waals surface area contributed by atoms with Gasteiger partial charge < -0.3 is 26.2 Å². The number of likely N-dealkylation sites (N-methyl/N-ethyl adjacent to an activating group) is 1. The Hall–Kier alpha value is 0.400. The first-order valence-corrected chi connectivity index (χ1v) is 7.43. The molecule has 112 valence electrons. The molecular formula is C15H34BrNO. The maximum absolute atomic E-state index is 5.14. The molecule has 0 radical (unpaired) electrons. The van der Waals surface area contributed by atoms with Gasteiger partial charge in [0.25, 0.3) is 0 Å². The van der Waals surface area contributed by atoms with Crippen LogP contribution in [0.1, 0.15) is 58.3 Å². The highest BCUT2D eigenvalue weighted by Gasteiger charge is 2.13. The van der Waals surface area contributed by atoms with E-state index in [1.807, 2.05) is 0 Å². The van der Waals surface area contributed by atoms with E-state index in [9.17, 15) is 0 Å². The maximum atomic E-state index is 5.14. The summed E-state index contributed by atoms with van der Waals surface area (Å²) < 4.78 is 6.25. The number of nitrogens with zero attached hydrogens (tertiary/aromatic N) is 1. The van der Waals surface area contributed by atoms with E-state index in [0.717, 1.165) is 17.6 Å². The molecule has 0 atom stereocenters. The third-order valence-corrected chi connectivity index (χ3v) is 3.52. The average molecular weight is 324 g/mol. The minimum atomic E-state index is 0. The Morgan fingerprint density at radius 3 is 1.78 bits per heavy atom. The highest BCUT2D eigenvalue weighted by Crippen LogP contribution is 2.10. The van der Waals surface area contributed by atoms with E-state index in [1.54, 1.807) is 7.11 Å². The molecule has 0 heterocycles. The van der Waals surface area contributed by atoms with E-state index < -0.39 is 0 Å². The van der Waals surface area contributed by atoms with Gasteiger partial charge in [-0.05, 0) is 12.8 Å². The third-order valence-electron chi connectivity index (χ3n) is 3.52. The normalized spacial score (nSPS) is 11.3. The fourth-order valence-corrected chi connectivity index (χ4v) is 2.12. The van der Waals surface area contributed by atoms with Gasteiger partial charge in [-0.15, -0.1) is 0 Å². The molecule has 0 bridgehead atoms. The van der Waals surface area contributed by atoms with Gasteiger partial charge in [0.2, 0.25) is 0 Å². The second-order valence-electron chi connectivity index (χ2n) is 5.85. The van der Waals surface area contributed by atoms with Gasteiger partial charge in [-0.3, -0.25) is 0 Å². The number of hydrogen-bond acceptors (Lipinski definition) is 1. The van der Waals surface area contributed by atoms with Gasteiger partial charge in [-0.2, -0.15) is 0 Å². The molecule has 0 aromatic rings. The summed E-state index contributed by atoms with van der Waals surface area (Å²) in [7, 11) is 6.40. The Kier molecular flexibility index (Phi) is 15.9. The molecule has 0 fully saturated rings. The van der Waals surface area contributed by atoms with Crippen molar-refractivity contribution in [1.29, 1.82) is 0 Å². The van der Waals surface area contributed by atoms with Gasteiger partial charge in [0.15, 0.2) is 0 Å². The molecule has 0 saturated heterocycles. The minimum Gasteiger partial charge on any atom is -1.00 e. The molecule has 0 N–H and O–H groups in total. The van der Waals surface area contributed by atoms with Crippen LogP contribution in [0, 0.1) is 0 Å². The standard InChI is InChI=1S/C15H34NO.BrH/c1-5-6-7-8-9-10-11-12-13-16(2,3)14-15-17-4;/h5-15H2,1-4H3;1H/q+1;/p-1. The van der Waals surface area contributed by atoms with Crippen LogP contribution in [-0.4, -0.2) is 45.4 Å². The number of unbranched alkanes of at least 4 members (excludes halogenated alkanes) is 7. The van der Waals surface area contributed by atoms with Crippen LogP contribution >= 0.6 is 0 Å². The molecule has 0 rings (SSSR count).